The molecule has 4 aromatic rings. The molecule has 0 saturated heterocycles. The molecule has 0 saturated carbocycles. The first kappa shape index (κ1) is 23.2. The lowest BCUT2D eigenvalue weighted by atomic mass is 10.1. The van der Waals surface area contributed by atoms with Crippen molar-refractivity contribution in [3.8, 4) is 0 Å². The third-order valence-corrected chi connectivity index (χ3v) is 5.91. The Hall–Kier alpha value is -4.00. The van der Waals surface area contributed by atoms with E-state index in [1.54, 1.807) is 34.9 Å². The molecule has 174 valence electrons. The minimum atomic E-state index is -0.390. The van der Waals surface area contributed by atoms with Crippen LogP contribution < -0.4 is 16.6 Å². The van der Waals surface area contributed by atoms with Crippen molar-refractivity contribution in [1.29, 1.82) is 0 Å². The van der Waals surface area contributed by atoms with Crippen LogP contribution in [0.1, 0.15) is 29.5 Å². The number of rotatable bonds is 8. The van der Waals surface area contributed by atoms with Crippen LogP contribution in [-0.4, -0.2) is 15.0 Å². The molecule has 1 N–H and O–H groups in total. The normalized spacial score (nSPS) is 11.0. The van der Waals surface area contributed by atoms with E-state index in [0.717, 1.165) is 16.7 Å². The summed E-state index contributed by atoms with van der Waals surface area (Å²) in [5, 5.41) is 3.25. The second-order valence-electron chi connectivity index (χ2n) is 8.28. The summed E-state index contributed by atoms with van der Waals surface area (Å²) >= 11 is 0. The maximum absolute atomic E-state index is 13.3. The van der Waals surface area contributed by atoms with Gasteiger partial charge in [0.2, 0.25) is 5.91 Å². The summed E-state index contributed by atoms with van der Waals surface area (Å²) in [6.07, 6.45) is 0.505. The minimum absolute atomic E-state index is 0.139. The minimum Gasteiger partial charge on any atom is -0.352 e. The van der Waals surface area contributed by atoms with Crippen LogP contribution in [0.3, 0.4) is 0 Å². The molecule has 34 heavy (non-hydrogen) atoms. The number of aromatic nitrogens is 2. The molecule has 0 unspecified atom stereocenters. The van der Waals surface area contributed by atoms with Crippen LogP contribution in [0.5, 0.6) is 0 Å². The van der Waals surface area contributed by atoms with E-state index >= 15 is 0 Å². The lowest BCUT2D eigenvalue weighted by Gasteiger charge is -2.15. The van der Waals surface area contributed by atoms with Gasteiger partial charge in [0, 0.05) is 19.5 Å². The van der Waals surface area contributed by atoms with E-state index in [1.807, 2.05) is 37.3 Å². The Balaban J connectivity index is 1.51. The van der Waals surface area contributed by atoms with E-state index in [0.29, 0.717) is 23.9 Å². The molecule has 4 rings (SSSR count). The Bertz CT molecular complexity index is 1440. The molecule has 1 aromatic heterocycles. The number of benzene rings is 3. The summed E-state index contributed by atoms with van der Waals surface area (Å²) in [4.78, 5) is 38.6. The number of carbonyl (C=O) groups excluding carboxylic acids is 1. The van der Waals surface area contributed by atoms with Crippen LogP contribution in [0, 0.1) is 12.7 Å². The smallest absolute Gasteiger partial charge is 0.331 e. The van der Waals surface area contributed by atoms with Crippen LogP contribution in [0.4, 0.5) is 4.39 Å². The quantitative estimate of drug-likeness (QED) is 0.436. The third-order valence-electron chi connectivity index (χ3n) is 5.91. The van der Waals surface area contributed by atoms with Gasteiger partial charge in [-0.25, -0.2) is 9.18 Å². The molecule has 0 radical (unpaired) electrons. The predicted molar refractivity (Wildman–Crippen MR) is 130 cm³/mol. The molecular formula is C27H26FN3O3. The molecule has 6 nitrogen and oxygen atoms in total. The summed E-state index contributed by atoms with van der Waals surface area (Å²) in [6, 6.07) is 20.8. The SMILES string of the molecule is Cc1ccccc1Cn1c(=O)n(CCCC(=O)NCc2ccc(F)cc2)c(=O)c2ccccc21. The average Bonchev–Trinajstić information content (AvgIpc) is 2.84. The molecule has 1 heterocycles. The number of para-hydroxylation sites is 1. The van der Waals surface area contributed by atoms with Crippen molar-refractivity contribution < 1.29 is 9.18 Å². The highest BCUT2D eigenvalue weighted by Crippen LogP contribution is 2.13. The Morgan fingerprint density at radius 2 is 1.62 bits per heavy atom. The molecule has 0 aliphatic carbocycles. The van der Waals surface area contributed by atoms with Gasteiger partial charge in [-0.1, -0.05) is 48.5 Å². The van der Waals surface area contributed by atoms with Gasteiger partial charge in [0.25, 0.3) is 5.56 Å². The molecule has 1 amide bonds. The molecule has 3 aromatic carbocycles. The molecule has 0 atom stereocenters. The van der Waals surface area contributed by atoms with Gasteiger partial charge in [-0.3, -0.25) is 18.7 Å². The zero-order chi connectivity index (χ0) is 24.1. The van der Waals surface area contributed by atoms with E-state index in [9.17, 15) is 18.8 Å². The van der Waals surface area contributed by atoms with Crippen LogP contribution in [0.25, 0.3) is 10.9 Å². The number of aryl methyl sites for hydroxylation is 1. The number of halogens is 1. The van der Waals surface area contributed by atoms with Crippen molar-refractivity contribution in [2.45, 2.75) is 39.4 Å². The van der Waals surface area contributed by atoms with Crippen molar-refractivity contribution in [2.75, 3.05) is 0 Å². The summed E-state index contributed by atoms with van der Waals surface area (Å²) in [5.74, 6) is -0.526. The van der Waals surface area contributed by atoms with E-state index in [2.05, 4.69) is 5.32 Å². The fraction of sp³-hybridized carbons (Fsp3) is 0.222. The summed E-state index contributed by atoms with van der Waals surface area (Å²) < 4.78 is 15.8. The molecule has 7 heteroatoms. The van der Waals surface area contributed by atoms with Gasteiger partial charge in [-0.05, 0) is 54.3 Å². The monoisotopic (exact) mass is 459 g/mol. The van der Waals surface area contributed by atoms with Crippen molar-refractivity contribution in [3.63, 3.8) is 0 Å². The maximum atomic E-state index is 13.3. The number of carbonyl (C=O) groups is 1. The van der Waals surface area contributed by atoms with Gasteiger partial charge < -0.3 is 5.32 Å². The van der Waals surface area contributed by atoms with Crippen molar-refractivity contribution in [1.82, 2.24) is 14.5 Å². The maximum Gasteiger partial charge on any atom is 0.331 e. The Morgan fingerprint density at radius 1 is 0.912 bits per heavy atom. The second kappa shape index (κ2) is 10.3. The first-order chi connectivity index (χ1) is 16.4. The molecule has 0 bridgehead atoms. The summed E-state index contributed by atoms with van der Waals surface area (Å²) in [6.45, 7) is 2.77. The van der Waals surface area contributed by atoms with Crippen molar-refractivity contribution in [2.24, 2.45) is 0 Å². The van der Waals surface area contributed by atoms with Gasteiger partial charge in [0.05, 0.1) is 17.4 Å². The summed E-state index contributed by atoms with van der Waals surface area (Å²) in [7, 11) is 0. The van der Waals surface area contributed by atoms with Crippen molar-refractivity contribution in [3.05, 3.63) is 116 Å². The van der Waals surface area contributed by atoms with Gasteiger partial charge in [-0.15, -0.1) is 0 Å². The van der Waals surface area contributed by atoms with E-state index in [1.165, 1.54) is 16.7 Å². The Morgan fingerprint density at radius 3 is 2.38 bits per heavy atom. The second-order valence-corrected chi connectivity index (χ2v) is 8.28. The number of fused-ring (bicyclic) bond motifs is 1. The predicted octanol–water partition coefficient (Wildman–Crippen LogP) is 3.76. The highest BCUT2D eigenvalue weighted by molar-refractivity contribution is 5.78. The molecule has 0 aliphatic rings. The zero-order valence-electron chi connectivity index (χ0n) is 19.0. The van der Waals surface area contributed by atoms with Crippen LogP contribution in [0.2, 0.25) is 0 Å². The highest BCUT2D eigenvalue weighted by Gasteiger charge is 2.14. The van der Waals surface area contributed by atoms with Gasteiger partial charge in [0.1, 0.15) is 5.82 Å². The average molecular weight is 460 g/mol. The van der Waals surface area contributed by atoms with E-state index in [4.69, 9.17) is 0 Å². The fourth-order valence-electron chi connectivity index (χ4n) is 3.97. The third kappa shape index (κ3) is 5.14. The summed E-state index contributed by atoms with van der Waals surface area (Å²) in [5.41, 5.74) is 2.70. The number of nitrogens with zero attached hydrogens (tertiary/aromatic N) is 2. The zero-order valence-corrected chi connectivity index (χ0v) is 19.0. The largest absolute Gasteiger partial charge is 0.352 e. The first-order valence-corrected chi connectivity index (χ1v) is 11.2. The highest BCUT2D eigenvalue weighted by atomic mass is 19.1. The van der Waals surface area contributed by atoms with Gasteiger partial charge in [-0.2, -0.15) is 0 Å². The topological polar surface area (TPSA) is 73.1 Å². The fourth-order valence-corrected chi connectivity index (χ4v) is 3.97. The Labute approximate surface area is 196 Å². The van der Waals surface area contributed by atoms with Crippen LogP contribution in [-0.2, 0) is 24.4 Å². The number of hydrogen-bond acceptors (Lipinski definition) is 3. The molecule has 0 fully saturated rings. The van der Waals surface area contributed by atoms with E-state index < -0.39 is 5.69 Å². The van der Waals surface area contributed by atoms with E-state index in [-0.39, 0.29) is 36.8 Å². The van der Waals surface area contributed by atoms with Gasteiger partial charge in [0.15, 0.2) is 0 Å². The standard InChI is InChI=1S/C27H26FN3O3/c1-19-7-2-3-8-21(19)18-31-24-10-5-4-9-23(24)26(33)30(27(31)34)16-6-11-25(32)29-17-20-12-14-22(28)15-13-20/h2-5,7-10,12-15H,6,11,16-18H2,1H3,(H,29,32). The van der Waals surface area contributed by atoms with Crippen molar-refractivity contribution >= 4 is 16.8 Å². The molecular weight excluding hydrogens is 433 g/mol. The lowest BCUT2D eigenvalue weighted by molar-refractivity contribution is -0.121. The first-order valence-electron chi connectivity index (χ1n) is 11.2. The van der Waals surface area contributed by atoms with Gasteiger partial charge >= 0.3 is 5.69 Å². The number of hydrogen-bond donors (Lipinski definition) is 1. The Kier molecular flexibility index (Phi) is 7.01. The molecule has 0 aliphatic heterocycles. The van der Waals surface area contributed by atoms with Crippen LogP contribution >= 0.6 is 0 Å². The lowest BCUT2D eigenvalue weighted by Crippen LogP contribution is -2.40. The number of amides is 1. The molecule has 0 spiro atoms. The number of nitrogens with one attached hydrogen (secondary N) is 1. The van der Waals surface area contributed by atoms with Crippen LogP contribution in [0.15, 0.2) is 82.4 Å².